The lowest BCUT2D eigenvalue weighted by Gasteiger charge is -2.36. The average Bonchev–Trinajstić information content (AvgIpc) is 3.09. The van der Waals surface area contributed by atoms with Gasteiger partial charge in [0, 0.05) is 32.4 Å². The van der Waals surface area contributed by atoms with Gasteiger partial charge in [-0.15, -0.1) is 0 Å². The number of likely N-dealkylation sites (tertiary alicyclic amines) is 1. The minimum absolute atomic E-state index is 0.182. The van der Waals surface area contributed by atoms with Crippen molar-refractivity contribution in [1.82, 2.24) is 20.5 Å². The van der Waals surface area contributed by atoms with Crippen molar-refractivity contribution in [3.63, 3.8) is 0 Å². The van der Waals surface area contributed by atoms with E-state index in [1.54, 1.807) is 6.20 Å². The Hall–Kier alpha value is -2.77. The molecule has 7 heteroatoms. The lowest BCUT2D eigenvalue weighted by atomic mass is 9.87. The standard InChI is InChI=1S/C21H24N4O3/c26-19(24-12-17-8-4-5-9-22-17)18-14-25(13-16-6-2-1-3-7-16)15-21(18)20(27)23-10-11-28-21/h1-9,18H,10-15H2,(H,23,27)(H,24,26)/t18-,21-/m1/s1. The fourth-order valence-corrected chi connectivity index (χ4v) is 3.96. The van der Waals surface area contributed by atoms with Gasteiger partial charge in [0.15, 0.2) is 5.60 Å². The molecule has 2 fully saturated rings. The van der Waals surface area contributed by atoms with E-state index in [4.69, 9.17) is 4.74 Å². The summed E-state index contributed by atoms with van der Waals surface area (Å²) < 4.78 is 5.96. The van der Waals surface area contributed by atoms with Crippen molar-refractivity contribution in [2.75, 3.05) is 26.2 Å². The number of carbonyl (C=O) groups excluding carboxylic acids is 2. The molecule has 4 rings (SSSR count). The Labute approximate surface area is 164 Å². The minimum Gasteiger partial charge on any atom is -0.361 e. The van der Waals surface area contributed by atoms with Gasteiger partial charge in [-0.3, -0.25) is 19.5 Å². The van der Waals surface area contributed by atoms with Crippen LogP contribution < -0.4 is 10.6 Å². The molecule has 1 spiro atoms. The number of pyridine rings is 1. The summed E-state index contributed by atoms with van der Waals surface area (Å²) in [7, 11) is 0. The van der Waals surface area contributed by atoms with Crippen molar-refractivity contribution < 1.29 is 14.3 Å². The Bertz CT molecular complexity index is 830. The van der Waals surface area contributed by atoms with Crippen LogP contribution in [0.1, 0.15) is 11.3 Å². The zero-order valence-electron chi connectivity index (χ0n) is 15.6. The number of morpholine rings is 1. The number of aromatic nitrogens is 1. The third-order valence-corrected chi connectivity index (χ3v) is 5.33. The van der Waals surface area contributed by atoms with Crippen LogP contribution in [0.4, 0.5) is 0 Å². The number of rotatable bonds is 5. The number of nitrogens with one attached hydrogen (secondary N) is 2. The van der Waals surface area contributed by atoms with Crippen LogP contribution >= 0.6 is 0 Å². The molecular formula is C21H24N4O3. The molecule has 0 saturated carbocycles. The van der Waals surface area contributed by atoms with Crippen LogP contribution in [0.15, 0.2) is 54.7 Å². The van der Waals surface area contributed by atoms with E-state index in [0.29, 0.717) is 39.3 Å². The normalized spacial score (nSPS) is 24.9. The lowest BCUT2D eigenvalue weighted by Crippen LogP contribution is -2.61. The maximum atomic E-state index is 13.0. The van der Waals surface area contributed by atoms with Crippen molar-refractivity contribution in [1.29, 1.82) is 0 Å². The van der Waals surface area contributed by atoms with E-state index < -0.39 is 11.5 Å². The molecule has 146 valence electrons. The van der Waals surface area contributed by atoms with Crippen LogP contribution in [0.2, 0.25) is 0 Å². The Morgan fingerprint density at radius 2 is 2.07 bits per heavy atom. The van der Waals surface area contributed by atoms with Crippen LogP contribution in [0.3, 0.4) is 0 Å². The summed E-state index contributed by atoms with van der Waals surface area (Å²) in [5.41, 5.74) is 0.780. The first-order chi connectivity index (χ1) is 13.7. The molecule has 0 bridgehead atoms. The monoisotopic (exact) mass is 380 g/mol. The van der Waals surface area contributed by atoms with E-state index in [1.807, 2.05) is 48.5 Å². The zero-order chi connectivity index (χ0) is 19.4. The van der Waals surface area contributed by atoms with Crippen LogP contribution in [-0.2, 0) is 27.4 Å². The van der Waals surface area contributed by atoms with Crippen LogP contribution in [0.25, 0.3) is 0 Å². The second-order valence-corrected chi connectivity index (χ2v) is 7.24. The molecule has 28 heavy (non-hydrogen) atoms. The Balaban J connectivity index is 1.50. The molecule has 0 aliphatic carbocycles. The highest BCUT2D eigenvalue weighted by Crippen LogP contribution is 2.34. The van der Waals surface area contributed by atoms with Crippen molar-refractivity contribution in [3.8, 4) is 0 Å². The summed E-state index contributed by atoms with van der Waals surface area (Å²) >= 11 is 0. The molecule has 2 aromatic rings. The molecule has 0 unspecified atom stereocenters. The van der Waals surface area contributed by atoms with E-state index in [2.05, 4.69) is 20.5 Å². The number of carbonyl (C=O) groups is 2. The summed E-state index contributed by atoms with van der Waals surface area (Å²) in [6.07, 6.45) is 1.69. The van der Waals surface area contributed by atoms with Crippen molar-refractivity contribution in [2.45, 2.75) is 18.7 Å². The van der Waals surface area contributed by atoms with Gasteiger partial charge in [0.1, 0.15) is 0 Å². The molecule has 2 aliphatic rings. The van der Waals surface area contributed by atoms with Crippen LogP contribution in [0, 0.1) is 5.92 Å². The van der Waals surface area contributed by atoms with Gasteiger partial charge in [-0.2, -0.15) is 0 Å². The number of hydrogen-bond acceptors (Lipinski definition) is 5. The topological polar surface area (TPSA) is 83.6 Å². The Morgan fingerprint density at radius 3 is 2.82 bits per heavy atom. The van der Waals surface area contributed by atoms with E-state index in [9.17, 15) is 9.59 Å². The van der Waals surface area contributed by atoms with E-state index in [-0.39, 0.29) is 11.8 Å². The van der Waals surface area contributed by atoms with Gasteiger partial charge >= 0.3 is 0 Å². The summed E-state index contributed by atoms with van der Waals surface area (Å²) in [6, 6.07) is 15.6. The third-order valence-electron chi connectivity index (χ3n) is 5.33. The largest absolute Gasteiger partial charge is 0.361 e. The first kappa shape index (κ1) is 18.6. The summed E-state index contributed by atoms with van der Waals surface area (Å²) in [5.74, 6) is -0.953. The van der Waals surface area contributed by atoms with Crippen molar-refractivity contribution >= 4 is 11.8 Å². The van der Waals surface area contributed by atoms with Gasteiger partial charge in [0.25, 0.3) is 5.91 Å². The molecule has 2 saturated heterocycles. The first-order valence-corrected chi connectivity index (χ1v) is 9.53. The highest BCUT2D eigenvalue weighted by atomic mass is 16.5. The SMILES string of the molecule is O=C(NCc1ccccn1)[C@H]1CN(Cc2ccccc2)C[C@@]12OCCNC2=O. The highest BCUT2D eigenvalue weighted by Gasteiger charge is 2.57. The molecule has 2 aliphatic heterocycles. The molecule has 1 aromatic carbocycles. The van der Waals surface area contributed by atoms with Gasteiger partial charge in [-0.05, 0) is 17.7 Å². The molecule has 2 amide bonds. The molecule has 2 atom stereocenters. The van der Waals surface area contributed by atoms with Gasteiger partial charge in [-0.1, -0.05) is 36.4 Å². The highest BCUT2D eigenvalue weighted by molar-refractivity contribution is 5.94. The molecule has 0 radical (unpaired) electrons. The summed E-state index contributed by atoms with van der Waals surface area (Å²) in [5, 5.41) is 5.80. The number of nitrogens with zero attached hydrogens (tertiary/aromatic N) is 2. The smallest absolute Gasteiger partial charge is 0.254 e. The molecule has 2 N–H and O–H groups in total. The second kappa shape index (κ2) is 8.08. The fraction of sp³-hybridized carbons (Fsp3) is 0.381. The molecule has 1 aromatic heterocycles. The number of hydrogen-bond donors (Lipinski definition) is 2. The van der Waals surface area contributed by atoms with Gasteiger partial charge in [-0.25, -0.2) is 0 Å². The second-order valence-electron chi connectivity index (χ2n) is 7.24. The predicted octanol–water partition coefficient (Wildman–Crippen LogP) is 0.715. The van der Waals surface area contributed by atoms with Gasteiger partial charge < -0.3 is 15.4 Å². The minimum atomic E-state index is -1.14. The van der Waals surface area contributed by atoms with Gasteiger partial charge in [0.05, 0.1) is 24.8 Å². The molecular weight excluding hydrogens is 356 g/mol. The quantitative estimate of drug-likeness (QED) is 0.799. The predicted molar refractivity (Wildman–Crippen MR) is 103 cm³/mol. The maximum absolute atomic E-state index is 13.0. The first-order valence-electron chi connectivity index (χ1n) is 9.53. The van der Waals surface area contributed by atoms with Gasteiger partial charge in [0.2, 0.25) is 5.91 Å². The van der Waals surface area contributed by atoms with Crippen molar-refractivity contribution in [2.24, 2.45) is 5.92 Å². The summed E-state index contributed by atoms with van der Waals surface area (Å²) in [6.45, 7) is 2.75. The Morgan fingerprint density at radius 1 is 1.25 bits per heavy atom. The van der Waals surface area contributed by atoms with Crippen LogP contribution in [-0.4, -0.2) is 53.5 Å². The van der Waals surface area contributed by atoms with Crippen molar-refractivity contribution in [3.05, 3.63) is 66.0 Å². The lowest BCUT2D eigenvalue weighted by molar-refractivity contribution is -0.163. The third kappa shape index (κ3) is 3.76. The number of benzene rings is 1. The van der Waals surface area contributed by atoms with E-state index in [1.165, 1.54) is 0 Å². The maximum Gasteiger partial charge on any atom is 0.254 e. The Kier molecular flexibility index (Phi) is 5.36. The van der Waals surface area contributed by atoms with Crippen LogP contribution in [0.5, 0.6) is 0 Å². The summed E-state index contributed by atoms with van der Waals surface area (Å²) in [4.78, 5) is 32.1. The fourth-order valence-electron chi connectivity index (χ4n) is 3.96. The molecule has 7 nitrogen and oxygen atoms in total. The van der Waals surface area contributed by atoms with E-state index >= 15 is 0 Å². The average molecular weight is 380 g/mol. The zero-order valence-corrected chi connectivity index (χ0v) is 15.6. The van der Waals surface area contributed by atoms with E-state index in [0.717, 1.165) is 11.3 Å². The molecule has 3 heterocycles. The number of ether oxygens (including phenoxy) is 1. The number of amides is 2.